The van der Waals surface area contributed by atoms with Crippen molar-refractivity contribution in [3.05, 3.63) is 88.1 Å². The van der Waals surface area contributed by atoms with Gasteiger partial charge in [0, 0.05) is 6.20 Å². The van der Waals surface area contributed by atoms with E-state index in [0.717, 1.165) is 28.1 Å². The summed E-state index contributed by atoms with van der Waals surface area (Å²) in [5.41, 5.74) is 3.92. The number of benzene rings is 1. The second kappa shape index (κ2) is 8.36. The molecular formula is C23H20N2O3. The molecule has 0 unspecified atom stereocenters. The Bertz CT molecular complexity index is 1050. The van der Waals surface area contributed by atoms with Crippen LogP contribution in [-0.4, -0.2) is 10.8 Å². The van der Waals surface area contributed by atoms with Crippen LogP contribution in [0.25, 0.3) is 6.08 Å². The number of ketones is 1. The standard InChI is InChI=1S/C23H20N2O3/c1-15-10-18(12-19(13-24)22(26)21-7-9-27-17(21)3)11-16(2)23(15)28-14-20-6-4-5-8-25-20/h4-12H,14H2,1-3H3/b19-12+. The number of carbonyl (C=O) groups excluding carboxylic acids is 1. The highest BCUT2D eigenvalue weighted by molar-refractivity contribution is 6.14. The molecule has 1 aromatic carbocycles. The molecule has 5 nitrogen and oxygen atoms in total. The Hall–Kier alpha value is -3.65. The lowest BCUT2D eigenvalue weighted by molar-refractivity contribution is 0.103. The minimum atomic E-state index is -0.348. The molecule has 0 saturated heterocycles. The molecule has 2 heterocycles. The minimum absolute atomic E-state index is 0.0606. The summed E-state index contributed by atoms with van der Waals surface area (Å²) in [6.07, 6.45) is 4.77. The van der Waals surface area contributed by atoms with E-state index in [-0.39, 0.29) is 11.4 Å². The topological polar surface area (TPSA) is 76.1 Å². The van der Waals surface area contributed by atoms with Crippen LogP contribution in [-0.2, 0) is 6.61 Å². The highest BCUT2D eigenvalue weighted by atomic mass is 16.5. The Kier molecular flexibility index (Phi) is 5.71. The largest absolute Gasteiger partial charge is 0.487 e. The third kappa shape index (κ3) is 4.18. The number of ether oxygens (including phenoxy) is 1. The van der Waals surface area contributed by atoms with Gasteiger partial charge in [-0.2, -0.15) is 5.26 Å². The molecule has 0 saturated carbocycles. The number of aromatic nitrogens is 1. The van der Waals surface area contributed by atoms with Crippen LogP contribution in [0.2, 0.25) is 0 Å². The van der Waals surface area contributed by atoms with Crippen LogP contribution in [0.4, 0.5) is 0 Å². The number of aryl methyl sites for hydroxylation is 3. The Labute approximate surface area is 163 Å². The lowest BCUT2D eigenvalue weighted by atomic mass is 10.00. The van der Waals surface area contributed by atoms with Gasteiger partial charge in [0.2, 0.25) is 5.78 Å². The maximum atomic E-state index is 12.6. The van der Waals surface area contributed by atoms with Crippen molar-refractivity contribution in [3.8, 4) is 11.8 Å². The normalized spacial score (nSPS) is 11.1. The molecule has 0 aliphatic rings. The molecule has 28 heavy (non-hydrogen) atoms. The fourth-order valence-corrected chi connectivity index (χ4v) is 3.01. The van der Waals surface area contributed by atoms with E-state index in [2.05, 4.69) is 4.98 Å². The van der Waals surface area contributed by atoms with Gasteiger partial charge in [0.15, 0.2) is 0 Å². The van der Waals surface area contributed by atoms with Crippen LogP contribution < -0.4 is 4.74 Å². The molecule has 0 atom stereocenters. The Morgan fingerprint density at radius 3 is 2.54 bits per heavy atom. The van der Waals surface area contributed by atoms with Crippen LogP contribution >= 0.6 is 0 Å². The molecule has 140 valence electrons. The summed E-state index contributed by atoms with van der Waals surface area (Å²) in [5.74, 6) is 0.926. The van der Waals surface area contributed by atoms with Gasteiger partial charge in [-0.25, -0.2) is 0 Å². The lowest BCUT2D eigenvalue weighted by Crippen LogP contribution is -2.03. The zero-order valence-electron chi connectivity index (χ0n) is 16.0. The average Bonchev–Trinajstić information content (AvgIpc) is 3.11. The Balaban J connectivity index is 1.85. The van der Waals surface area contributed by atoms with Gasteiger partial charge in [-0.3, -0.25) is 9.78 Å². The van der Waals surface area contributed by atoms with Gasteiger partial charge in [0.25, 0.3) is 0 Å². The summed E-state index contributed by atoms with van der Waals surface area (Å²) in [5, 5.41) is 9.45. The van der Waals surface area contributed by atoms with Crippen LogP contribution in [0.3, 0.4) is 0 Å². The van der Waals surface area contributed by atoms with Gasteiger partial charge >= 0.3 is 0 Å². The number of hydrogen-bond donors (Lipinski definition) is 0. The van der Waals surface area contributed by atoms with Crippen LogP contribution in [0.5, 0.6) is 5.75 Å². The highest BCUT2D eigenvalue weighted by Crippen LogP contribution is 2.27. The molecule has 0 amide bonds. The van der Waals surface area contributed by atoms with E-state index in [0.29, 0.717) is 17.9 Å². The molecule has 0 bridgehead atoms. The van der Waals surface area contributed by atoms with Crippen molar-refractivity contribution in [1.29, 1.82) is 5.26 Å². The fourth-order valence-electron chi connectivity index (χ4n) is 3.01. The van der Waals surface area contributed by atoms with Gasteiger partial charge in [0.05, 0.1) is 17.5 Å². The molecule has 0 radical (unpaired) electrons. The van der Waals surface area contributed by atoms with Crippen LogP contribution in [0, 0.1) is 32.1 Å². The summed E-state index contributed by atoms with van der Waals surface area (Å²) >= 11 is 0. The first-order valence-electron chi connectivity index (χ1n) is 8.84. The zero-order chi connectivity index (χ0) is 20.1. The molecular weight excluding hydrogens is 352 g/mol. The predicted octanol–water partition coefficient (Wildman–Crippen LogP) is 4.97. The SMILES string of the molecule is Cc1cc(/C=C(\C#N)C(=O)c2ccoc2C)cc(C)c1OCc1ccccn1. The van der Waals surface area contributed by atoms with Crippen molar-refractivity contribution in [3.63, 3.8) is 0 Å². The van der Waals surface area contributed by atoms with E-state index in [1.165, 1.54) is 6.26 Å². The van der Waals surface area contributed by atoms with Gasteiger partial charge < -0.3 is 9.15 Å². The van der Waals surface area contributed by atoms with E-state index in [9.17, 15) is 10.1 Å². The third-order valence-electron chi connectivity index (χ3n) is 4.35. The first-order valence-corrected chi connectivity index (χ1v) is 8.84. The Morgan fingerprint density at radius 1 is 1.21 bits per heavy atom. The number of pyridine rings is 1. The number of hydrogen-bond acceptors (Lipinski definition) is 5. The van der Waals surface area contributed by atoms with Crippen molar-refractivity contribution >= 4 is 11.9 Å². The number of nitriles is 1. The van der Waals surface area contributed by atoms with Crippen molar-refractivity contribution < 1.29 is 13.9 Å². The number of rotatable bonds is 6. The molecule has 5 heteroatoms. The Morgan fingerprint density at radius 2 is 1.96 bits per heavy atom. The quantitative estimate of drug-likeness (QED) is 0.347. The smallest absolute Gasteiger partial charge is 0.207 e. The molecule has 0 aliphatic carbocycles. The van der Waals surface area contributed by atoms with Crippen LogP contribution in [0.15, 0.2) is 58.8 Å². The monoisotopic (exact) mass is 372 g/mol. The van der Waals surface area contributed by atoms with E-state index in [1.807, 2.05) is 50.2 Å². The van der Waals surface area contributed by atoms with Crippen molar-refractivity contribution in [2.75, 3.05) is 0 Å². The van der Waals surface area contributed by atoms with Crippen molar-refractivity contribution in [2.24, 2.45) is 0 Å². The number of carbonyl (C=O) groups is 1. The molecule has 0 spiro atoms. The fraction of sp³-hybridized carbons (Fsp3) is 0.174. The molecule has 0 N–H and O–H groups in total. The average molecular weight is 372 g/mol. The number of furan rings is 1. The van der Waals surface area contributed by atoms with E-state index in [1.54, 1.807) is 25.3 Å². The first kappa shape index (κ1) is 19.1. The second-order valence-electron chi connectivity index (χ2n) is 6.48. The van der Waals surface area contributed by atoms with E-state index in [4.69, 9.17) is 9.15 Å². The molecule has 0 fully saturated rings. The van der Waals surface area contributed by atoms with Gasteiger partial charge in [-0.05, 0) is 73.9 Å². The number of Topliss-reactive ketones (excluding diaryl/α,β-unsaturated/α-hetero) is 1. The van der Waals surface area contributed by atoms with E-state index >= 15 is 0 Å². The molecule has 3 rings (SSSR count). The molecule has 0 aliphatic heterocycles. The summed E-state index contributed by atoms with van der Waals surface area (Å²) in [6, 6.07) is 13.1. The summed E-state index contributed by atoms with van der Waals surface area (Å²) < 4.78 is 11.1. The van der Waals surface area contributed by atoms with Crippen molar-refractivity contribution in [2.45, 2.75) is 27.4 Å². The zero-order valence-corrected chi connectivity index (χ0v) is 16.0. The number of nitrogens with zero attached hydrogens (tertiary/aromatic N) is 2. The maximum Gasteiger partial charge on any atom is 0.207 e. The van der Waals surface area contributed by atoms with Crippen LogP contribution in [0.1, 0.15) is 38.5 Å². The van der Waals surface area contributed by atoms with Gasteiger partial charge in [-0.1, -0.05) is 6.07 Å². The van der Waals surface area contributed by atoms with Gasteiger partial charge in [0.1, 0.15) is 29.8 Å². The summed E-state index contributed by atoms with van der Waals surface area (Å²) in [6.45, 7) is 5.95. The summed E-state index contributed by atoms with van der Waals surface area (Å²) in [4.78, 5) is 16.8. The van der Waals surface area contributed by atoms with Gasteiger partial charge in [-0.15, -0.1) is 0 Å². The van der Waals surface area contributed by atoms with E-state index < -0.39 is 0 Å². The predicted molar refractivity (Wildman–Crippen MR) is 106 cm³/mol. The first-order chi connectivity index (χ1) is 13.5. The molecule has 2 aromatic heterocycles. The highest BCUT2D eigenvalue weighted by Gasteiger charge is 2.17. The number of allylic oxidation sites excluding steroid dienone is 1. The van der Waals surface area contributed by atoms with Crippen molar-refractivity contribution in [1.82, 2.24) is 4.98 Å². The molecule has 3 aromatic rings. The third-order valence-corrected chi connectivity index (χ3v) is 4.35. The lowest BCUT2D eigenvalue weighted by Gasteiger charge is -2.13. The second-order valence-corrected chi connectivity index (χ2v) is 6.48. The minimum Gasteiger partial charge on any atom is -0.487 e. The maximum absolute atomic E-state index is 12.6. The summed E-state index contributed by atoms with van der Waals surface area (Å²) in [7, 11) is 0.